The summed E-state index contributed by atoms with van der Waals surface area (Å²) in [6.45, 7) is 1.60. The summed E-state index contributed by atoms with van der Waals surface area (Å²) >= 11 is 0. The molecule has 0 fully saturated rings. The Kier molecular flexibility index (Phi) is 5.08. The Balaban J connectivity index is 1.79. The zero-order valence-corrected chi connectivity index (χ0v) is 15.8. The van der Waals surface area contributed by atoms with Crippen molar-refractivity contribution in [1.82, 2.24) is 5.16 Å². The third kappa shape index (κ3) is 4.28. The van der Waals surface area contributed by atoms with Crippen LogP contribution in [0.3, 0.4) is 0 Å². The van der Waals surface area contributed by atoms with Crippen LogP contribution in [0.5, 0.6) is 0 Å². The molecule has 3 rings (SSSR count). The highest BCUT2D eigenvalue weighted by atomic mass is 32.2. The second kappa shape index (κ2) is 7.20. The van der Waals surface area contributed by atoms with Crippen molar-refractivity contribution >= 4 is 31.6 Å². The van der Waals surface area contributed by atoms with Crippen LogP contribution in [0.4, 0.5) is 20.3 Å². The Hall–Kier alpha value is -2.99. The van der Waals surface area contributed by atoms with E-state index in [1.165, 1.54) is 30.3 Å². The van der Waals surface area contributed by atoms with Crippen LogP contribution in [0.25, 0.3) is 0 Å². The highest BCUT2D eigenvalue weighted by Gasteiger charge is 2.19. The summed E-state index contributed by atoms with van der Waals surface area (Å²) in [5.41, 5.74) is 0.0287. The van der Waals surface area contributed by atoms with E-state index in [0.29, 0.717) is 17.9 Å². The standard InChI is InChI=1S/C16H13F2N3O5S2/c1-10-8-16(19-26-10)21-27(22,23)12-4-2-11(3-5-12)20-28(24,25)13-6-7-14(17)15(18)9-13/h2-9,20H,1H3,(H,19,21). The first kappa shape index (κ1) is 19.8. The van der Waals surface area contributed by atoms with Gasteiger partial charge in [-0.2, -0.15) is 0 Å². The molecule has 28 heavy (non-hydrogen) atoms. The summed E-state index contributed by atoms with van der Waals surface area (Å²) in [5, 5.41) is 3.53. The van der Waals surface area contributed by atoms with Crippen molar-refractivity contribution in [1.29, 1.82) is 0 Å². The predicted octanol–water partition coefficient (Wildman–Crippen LogP) is 2.86. The van der Waals surface area contributed by atoms with E-state index in [9.17, 15) is 25.6 Å². The van der Waals surface area contributed by atoms with Crippen molar-refractivity contribution in [3.63, 3.8) is 0 Å². The molecule has 0 aliphatic rings. The molecule has 0 saturated carbocycles. The highest BCUT2D eigenvalue weighted by molar-refractivity contribution is 7.93. The van der Waals surface area contributed by atoms with Crippen LogP contribution in [-0.2, 0) is 20.0 Å². The number of sulfonamides is 2. The molecule has 8 nitrogen and oxygen atoms in total. The number of anilines is 2. The van der Waals surface area contributed by atoms with E-state index in [1.54, 1.807) is 6.92 Å². The largest absolute Gasteiger partial charge is 0.360 e. The Morgan fingerprint density at radius 3 is 2.00 bits per heavy atom. The molecule has 3 aromatic rings. The van der Waals surface area contributed by atoms with Crippen molar-refractivity contribution in [2.24, 2.45) is 0 Å². The molecule has 12 heteroatoms. The third-order valence-corrected chi connectivity index (χ3v) is 6.23. The van der Waals surface area contributed by atoms with Crippen molar-refractivity contribution in [2.75, 3.05) is 9.44 Å². The van der Waals surface area contributed by atoms with E-state index in [0.717, 1.165) is 6.07 Å². The second-order valence-electron chi connectivity index (χ2n) is 5.63. The van der Waals surface area contributed by atoms with Gasteiger partial charge in [-0.05, 0) is 49.4 Å². The molecule has 1 aromatic heterocycles. The van der Waals surface area contributed by atoms with Gasteiger partial charge in [-0.15, -0.1) is 0 Å². The molecule has 0 bridgehead atoms. The lowest BCUT2D eigenvalue weighted by Gasteiger charge is -2.10. The van der Waals surface area contributed by atoms with Gasteiger partial charge in [0.25, 0.3) is 20.0 Å². The van der Waals surface area contributed by atoms with Crippen LogP contribution in [0.1, 0.15) is 5.76 Å². The normalized spacial score (nSPS) is 12.0. The minimum Gasteiger partial charge on any atom is -0.360 e. The summed E-state index contributed by atoms with van der Waals surface area (Å²) in [7, 11) is -8.15. The summed E-state index contributed by atoms with van der Waals surface area (Å²) in [6, 6.07) is 8.28. The lowest BCUT2D eigenvalue weighted by atomic mass is 10.3. The maximum absolute atomic E-state index is 13.3. The van der Waals surface area contributed by atoms with Crippen molar-refractivity contribution in [3.8, 4) is 0 Å². The minimum absolute atomic E-state index is 0.000570. The van der Waals surface area contributed by atoms with Gasteiger partial charge in [0.2, 0.25) is 0 Å². The molecule has 0 saturated heterocycles. The highest BCUT2D eigenvalue weighted by Crippen LogP contribution is 2.21. The fourth-order valence-corrected chi connectivity index (χ4v) is 4.23. The molecule has 0 atom stereocenters. The molecular formula is C16H13F2N3O5S2. The average Bonchev–Trinajstić information content (AvgIpc) is 3.01. The van der Waals surface area contributed by atoms with Crippen molar-refractivity contribution in [2.45, 2.75) is 16.7 Å². The van der Waals surface area contributed by atoms with Gasteiger partial charge in [0.15, 0.2) is 17.5 Å². The number of rotatable bonds is 6. The van der Waals surface area contributed by atoms with Crippen LogP contribution in [0.2, 0.25) is 0 Å². The quantitative estimate of drug-likeness (QED) is 0.622. The van der Waals surface area contributed by atoms with E-state index in [1.807, 2.05) is 0 Å². The molecule has 0 aliphatic heterocycles. The fraction of sp³-hybridized carbons (Fsp3) is 0.0625. The molecule has 1 heterocycles. The average molecular weight is 429 g/mol. The lowest BCUT2D eigenvalue weighted by molar-refractivity contribution is 0.400. The number of hydrogen-bond acceptors (Lipinski definition) is 6. The first-order valence-electron chi connectivity index (χ1n) is 7.61. The van der Waals surface area contributed by atoms with Crippen LogP contribution in [-0.4, -0.2) is 22.0 Å². The van der Waals surface area contributed by atoms with Crippen LogP contribution >= 0.6 is 0 Å². The van der Waals surface area contributed by atoms with Gasteiger partial charge >= 0.3 is 0 Å². The Morgan fingerprint density at radius 1 is 0.821 bits per heavy atom. The summed E-state index contributed by atoms with van der Waals surface area (Å²) < 4.78 is 84.4. The molecular weight excluding hydrogens is 416 g/mol. The van der Waals surface area contributed by atoms with Gasteiger partial charge in [0.05, 0.1) is 9.79 Å². The minimum atomic E-state index is -4.19. The summed E-state index contributed by atoms with van der Waals surface area (Å²) in [6.07, 6.45) is 0. The molecule has 0 aliphatic carbocycles. The summed E-state index contributed by atoms with van der Waals surface area (Å²) in [4.78, 5) is -0.630. The van der Waals surface area contributed by atoms with Crippen LogP contribution in [0.15, 0.2) is 62.8 Å². The first-order chi connectivity index (χ1) is 13.1. The molecule has 0 radical (unpaired) electrons. The molecule has 0 unspecified atom stereocenters. The van der Waals surface area contributed by atoms with E-state index in [4.69, 9.17) is 4.52 Å². The van der Waals surface area contributed by atoms with E-state index in [2.05, 4.69) is 14.6 Å². The van der Waals surface area contributed by atoms with Gasteiger partial charge in [-0.3, -0.25) is 9.44 Å². The molecule has 2 N–H and O–H groups in total. The molecule has 148 valence electrons. The SMILES string of the molecule is Cc1cc(NS(=O)(=O)c2ccc(NS(=O)(=O)c3ccc(F)c(F)c3)cc2)no1. The maximum atomic E-state index is 13.3. The first-order valence-corrected chi connectivity index (χ1v) is 10.6. The van der Waals surface area contributed by atoms with Crippen LogP contribution < -0.4 is 9.44 Å². The van der Waals surface area contributed by atoms with Gasteiger partial charge in [-0.1, -0.05) is 5.16 Å². The van der Waals surface area contributed by atoms with Crippen LogP contribution in [0, 0.1) is 18.6 Å². The second-order valence-corrected chi connectivity index (χ2v) is 9.00. The fourth-order valence-electron chi connectivity index (χ4n) is 2.17. The Morgan fingerprint density at radius 2 is 1.43 bits per heavy atom. The van der Waals surface area contributed by atoms with Gasteiger partial charge in [-0.25, -0.2) is 25.6 Å². The Labute approximate surface area is 159 Å². The number of nitrogens with zero attached hydrogens (tertiary/aromatic N) is 1. The number of halogens is 2. The number of aryl methyl sites for hydroxylation is 1. The number of benzene rings is 2. The monoisotopic (exact) mass is 429 g/mol. The zero-order valence-electron chi connectivity index (χ0n) is 14.2. The summed E-state index contributed by atoms with van der Waals surface area (Å²) in [5.74, 6) is -2.07. The topological polar surface area (TPSA) is 118 Å². The van der Waals surface area contributed by atoms with E-state index >= 15 is 0 Å². The number of aromatic nitrogens is 1. The number of nitrogens with one attached hydrogen (secondary N) is 2. The molecule has 0 spiro atoms. The van der Waals surface area contributed by atoms with Gasteiger partial charge < -0.3 is 4.52 Å². The van der Waals surface area contributed by atoms with Gasteiger partial charge in [0, 0.05) is 11.8 Å². The predicted molar refractivity (Wildman–Crippen MR) is 95.7 cm³/mol. The Bertz CT molecular complexity index is 1220. The third-order valence-electron chi connectivity index (χ3n) is 3.49. The van der Waals surface area contributed by atoms with Crippen molar-refractivity contribution < 1.29 is 30.1 Å². The maximum Gasteiger partial charge on any atom is 0.263 e. The molecule has 0 amide bonds. The van der Waals surface area contributed by atoms with Crippen molar-refractivity contribution in [3.05, 3.63) is 65.9 Å². The van der Waals surface area contributed by atoms with E-state index in [-0.39, 0.29) is 16.4 Å². The zero-order chi connectivity index (χ0) is 20.5. The van der Waals surface area contributed by atoms with Gasteiger partial charge in [0.1, 0.15) is 5.76 Å². The lowest BCUT2D eigenvalue weighted by Crippen LogP contribution is -2.15. The van der Waals surface area contributed by atoms with E-state index < -0.39 is 36.6 Å². The smallest absolute Gasteiger partial charge is 0.263 e. The number of hydrogen-bond donors (Lipinski definition) is 2. The molecule has 2 aromatic carbocycles.